The summed E-state index contributed by atoms with van der Waals surface area (Å²) in [5.41, 5.74) is 5.97. The van der Waals surface area contributed by atoms with Crippen LogP contribution in [0.15, 0.2) is 0 Å². The summed E-state index contributed by atoms with van der Waals surface area (Å²) in [6, 6.07) is -0.783. The van der Waals surface area contributed by atoms with E-state index in [1.807, 2.05) is 0 Å². The topological polar surface area (TPSA) is 78.6 Å². The summed E-state index contributed by atoms with van der Waals surface area (Å²) in [5, 5.41) is 0. The highest BCUT2D eigenvalue weighted by Crippen LogP contribution is 2.13. The van der Waals surface area contributed by atoms with Crippen molar-refractivity contribution < 1.29 is 19.1 Å². The number of nitrogens with two attached hydrogens (primary N) is 1. The van der Waals surface area contributed by atoms with Crippen molar-refractivity contribution in [3.63, 3.8) is 0 Å². The smallest absolute Gasteiger partial charge is 0.322 e. The molecule has 0 rings (SSSR count). The normalized spacial score (nSPS) is 10.9. The van der Waals surface area contributed by atoms with E-state index in [0.29, 0.717) is 13.2 Å². The molecule has 5 nitrogen and oxygen atoms in total. The van der Waals surface area contributed by atoms with E-state index in [1.54, 1.807) is 0 Å². The van der Waals surface area contributed by atoms with Crippen molar-refractivity contribution in [1.29, 1.82) is 0 Å². The first-order chi connectivity index (χ1) is 29.6. The lowest BCUT2D eigenvalue weighted by Gasteiger charge is -2.11. The summed E-state index contributed by atoms with van der Waals surface area (Å²) in [4.78, 5) is 24.3. The molecule has 0 aromatic carbocycles. The Bertz CT molecular complexity index is 1210. The fraction of sp³-hybridized carbons (Fsp3) is 0.818. The Balaban J connectivity index is 3.49. The maximum Gasteiger partial charge on any atom is 0.322 e. The first kappa shape index (κ1) is 57.1. The Hall–Kier alpha value is -2.86. The molecule has 0 aliphatic rings. The van der Waals surface area contributed by atoms with Crippen LogP contribution < -0.4 is 5.73 Å². The molecule has 0 amide bonds. The highest BCUT2D eigenvalue weighted by Gasteiger charge is 2.17. The van der Waals surface area contributed by atoms with Crippen molar-refractivity contribution in [2.75, 3.05) is 13.2 Å². The fourth-order valence-corrected chi connectivity index (χ4v) is 7.16. The van der Waals surface area contributed by atoms with Gasteiger partial charge < -0.3 is 15.2 Å². The highest BCUT2D eigenvalue weighted by atomic mass is 16.5. The quantitative estimate of drug-likeness (QED) is 0.0377. The Morgan fingerprint density at radius 1 is 0.383 bits per heavy atom. The van der Waals surface area contributed by atoms with Crippen molar-refractivity contribution in [2.45, 2.75) is 277 Å². The van der Waals surface area contributed by atoms with Crippen LogP contribution in [0.1, 0.15) is 271 Å². The van der Waals surface area contributed by atoms with E-state index in [1.165, 1.54) is 167 Å². The van der Waals surface area contributed by atoms with Gasteiger partial charge in [-0.3, -0.25) is 9.59 Å². The molecular formula is C55H93NO4. The van der Waals surface area contributed by atoms with Crippen molar-refractivity contribution in [2.24, 2.45) is 5.73 Å². The third kappa shape index (κ3) is 47.8. The second-order valence-corrected chi connectivity index (χ2v) is 17.1. The van der Waals surface area contributed by atoms with Crippen LogP contribution in [0, 0.1) is 47.4 Å². The minimum absolute atomic E-state index is 0.141. The average Bonchev–Trinajstić information content (AvgIpc) is 3.25. The van der Waals surface area contributed by atoms with E-state index < -0.39 is 12.0 Å². The van der Waals surface area contributed by atoms with Gasteiger partial charge in [-0.25, -0.2) is 0 Å². The molecule has 0 saturated carbocycles. The second-order valence-electron chi connectivity index (χ2n) is 17.1. The van der Waals surface area contributed by atoms with Crippen LogP contribution in [0.5, 0.6) is 0 Å². The molecule has 5 heteroatoms. The van der Waals surface area contributed by atoms with Crippen LogP contribution in [0.4, 0.5) is 0 Å². The molecule has 0 spiro atoms. The molecule has 0 bridgehead atoms. The number of hydrogen-bond donors (Lipinski definition) is 1. The van der Waals surface area contributed by atoms with Gasteiger partial charge in [-0.2, -0.15) is 0 Å². The van der Waals surface area contributed by atoms with Crippen LogP contribution in [0.2, 0.25) is 0 Å². The number of ether oxygens (including phenoxy) is 2. The minimum atomic E-state index is -0.783. The molecule has 1 atom stereocenters. The molecule has 0 aromatic rings. The summed E-state index contributed by atoms with van der Waals surface area (Å²) < 4.78 is 10.7. The predicted octanol–water partition coefficient (Wildman–Crippen LogP) is 15.1. The van der Waals surface area contributed by atoms with E-state index in [4.69, 9.17) is 15.2 Å². The van der Waals surface area contributed by atoms with Crippen LogP contribution in [-0.2, 0) is 19.1 Å². The van der Waals surface area contributed by atoms with Gasteiger partial charge in [0, 0.05) is 32.1 Å². The maximum absolute atomic E-state index is 12.2. The third-order valence-corrected chi connectivity index (χ3v) is 11.2. The second kappa shape index (κ2) is 50.5. The van der Waals surface area contributed by atoms with Gasteiger partial charge in [0.1, 0.15) is 6.04 Å². The monoisotopic (exact) mass is 832 g/mol. The van der Waals surface area contributed by atoms with Crippen LogP contribution >= 0.6 is 0 Å². The van der Waals surface area contributed by atoms with Gasteiger partial charge in [0.05, 0.1) is 13.2 Å². The maximum atomic E-state index is 12.2. The molecule has 0 saturated heterocycles. The molecule has 60 heavy (non-hydrogen) atoms. The van der Waals surface area contributed by atoms with E-state index in [2.05, 4.69) is 61.2 Å². The SMILES string of the molecule is CCCCCCCCCCCCC#CC#CCCCCCCCCCOC(=O)CC[C@H](N)C(=O)OCCCCCCCCCC#CC#CCCCCCCCCCCCC. The molecule has 0 radical (unpaired) electrons. The molecule has 0 aliphatic carbocycles. The Kier molecular flexibility index (Phi) is 48.1. The molecule has 2 N–H and O–H groups in total. The standard InChI is InChI=1S/C55H93NO4/c1-3-5-7-9-11-13-15-17-19-21-23-25-27-29-31-33-35-37-39-41-43-45-47-51-59-54(57)50-49-53(56)55(58)60-52-48-46-44-42-40-38-36-34-32-30-28-26-24-22-20-18-16-14-12-10-8-6-4-2/h53H,3-24,33-52,56H2,1-2H3/t53-/m0/s1. The summed E-state index contributed by atoms with van der Waals surface area (Å²) in [6.45, 7) is 5.36. The van der Waals surface area contributed by atoms with Gasteiger partial charge in [0.25, 0.3) is 0 Å². The number of hydrogen-bond acceptors (Lipinski definition) is 5. The zero-order valence-electron chi connectivity index (χ0n) is 39.5. The zero-order chi connectivity index (χ0) is 43.5. The molecule has 0 fully saturated rings. The average molecular weight is 832 g/mol. The molecule has 0 unspecified atom stereocenters. The Morgan fingerprint density at radius 3 is 0.967 bits per heavy atom. The van der Waals surface area contributed by atoms with E-state index >= 15 is 0 Å². The van der Waals surface area contributed by atoms with Gasteiger partial charge >= 0.3 is 11.9 Å². The number of carbonyl (C=O) groups is 2. The van der Waals surface area contributed by atoms with Crippen molar-refractivity contribution >= 4 is 11.9 Å². The lowest BCUT2D eigenvalue weighted by atomic mass is 10.1. The lowest BCUT2D eigenvalue weighted by Crippen LogP contribution is -2.33. The molecular weight excluding hydrogens is 739 g/mol. The molecule has 342 valence electrons. The minimum Gasteiger partial charge on any atom is -0.466 e. The number of unbranched alkanes of at least 4 members (excludes halogenated alkanes) is 34. The largest absolute Gasteiger partial charge is 0.466 e. The predicted molar refractivity (Wildman–Crippen MR) is 257 cm³/mol. The van der Waals surface area contributed by atoms with Crippen LogP contribution in [0.3, 0.4) is 0 Å². The number of rotatable bonds is 42. The van der Waals surface area contributed by atoms with Crippen LogP contribution in [-0.4, -0.2) is 31.2 Å². The van der Waals surface area contributed by atoms with Gasteiger partial charge in [0.2, 0.25) is 0 Å². The molecule has 0 aromatic heterocycles. The van der Waals surface area contributed by atoms with Gasteiger partial charge in [-0.05, 0) is 68.6 Å². The summed E-state index contributed by atoms with van der Waals surface area (Å²) in [6.07, 6.45) is 46.9. The Labute approximate surface area is 372 Å². The Morgan fingerprint density at radius 2 is 0.650 bits per heavy atom. The summed E-state index contributed by atoms with van der Waals surface area (Å²) in [5.74, 6) is 24.2. The van der Waals surface area contributed by atoms with E-state index in [-0.39, 0.29) is 18.8 Å². The number of carbonyl (C=O) groups excluding carboxylic acids is 2. The van der Waals surface area contributed by atoms with E-state index in [9.17, 15) is 9.59 Å². The summed E-state index contributed by atoms with van der Waals surface area (Å²) >= 11 is 0. The summed E-state index contributed by atoms with van der Waals surface area (Å²) in [7, 11) is 0. The van der Waals surface area contributed by atoms with Crippen molar-refractivity contribution in [1.82, 2.24) is 0 Å². The third-order valence-electron chi connectivity index (χ3n) is 11.2. The first-order valence-electron chi connectivity index (χ1n) is 25.6. The molecule has 0 aliphatic heterocycles. The van der Waals surface area contributed by atoms with Crippen molar-refractivity contribution in [3.8, 4) is 47.4 Å². The first-order valence-corrected chi connectivity index (χ1v) is 25.6. The van der Waals surface area contributed by atoms with Gasteiger partial charge in [0.15, 0.2) is 0 Å². The van der Waals surface area contributed by atoms with Crippen molar-refractivity contribution in [3.05, 3.63) is 0 Å². The highest BCUT2D eigenvalue weighted by molar-refractivity contribution is 5.77. The number of esters is 2. The zero-order valence-corrected chi connectivity index (χ0v) is 39.5. The fourth-order valence-electron chi connectivity index (χ4n) is 7.16. The lowest BCUT2D eigenvalue weighted by molar-refractivity contribution is -0.146. The van der Waals surface area contributed by atoms with Gasteiger partial charge in [-0.15, -0.1) is 0 Å². The van der Waals surface area contributed by atoms with E-state index in [0.717, 1.165) is 77.0 Å². The van der Waals surface area contributed by atoms with Crippen LogP contribution in [0.25, 0.3) is 0 Å². The molecule has 0 heterocycles. The van der Waals surface area contributed by atoms with Gasteiger partial charge in [-0.1, -0.05) is 217 Å².